The van der Waals surface area contributed by atoms with Gasteiger partial charge in [-0.15, -0.1) is 11.3 Å². The Morgan fingerprint density at radius 2 is 1.10 bits per heavy atom. The van der Waals surface area contributed by atoms with Crippen molar-refractivity contribution in [1.29, 1.82) is 0 Å². The van der Waals surface area contributed by atoms with Crippen LogP contribution in [0.4, 0.5) is 0 Å². The van der Waals surface area contributed by atoms with Gasteiger partial charge in [0.2, 0.25) is 5.95 Å². The van der Waals surface area contributed by atoms with E-state index in [2.05, 4.69) is 240 Å². The standard InChI is InChI=1S/C67H42N4S/c1-41-18-4-2-7-29-55-51-26-15-17-31-58(51)71(67-68-63(46-33-32-42-19-8-9-20-43(42)38-46)62-53-27-12-10-23-48(53)49-24-11-13-28-54(49)64(62)69-67)65(55)66-61(41)56-39-44(35-37-60(56)72-66)45-34-36-52-50-25-14-16-30-57(50)70(59(52)40-45)47-21-5-3-6-22-47/h2-28,30-40H,1,29H2/b7-2-,18-4-. The third kappa shape index (κ3) is 6.11. The summed E-state index contributed by atoms with van der Waals surface area (Å²) in [4.78, 5) is 12.7. The van der Waals surface area contributed by atoms with Crippen LogP contribution in [0.25, 0.3) is 136 Å². The Labute approximate surface area is 419 Å². The Morgan fingerprint density at radius 3 is 1.93 bits per heavy atom. The third-order valence-corrected chi connectivity index (χ3v) is 16.1. The molecule has 0 spiro atoms. The van der Waals surface area contributed by atoms with E-state index in [-0.39, 0.29) is 0 Å². The van der Waals surface area contributed by atoms with Crippen LogP contribution in [0, 0.1) is 0 Å². The van der Waals surface area contributed by atoms with Crippen molar-refractivity contribution in [1.82, 2.24) is 19.1 Å². The maximum Gasteiger partial charge on any atom is 0.235 e. The average Bonchev–Trinajstić information content (AvgIpc) is 4.10. The minimum Gasteiger partial charge on any atom is -0.309 e. The first-order chi connectivity index (χ1) is 35.6. The lowest BCUT2D eigenvalue weighted by atomic mass is 9.94. The van der Waals surface area contributed by atoms with Gasteiger partial charge in [-0.2, -0.15) is 0 Å². The highest BCUT2D eigenvalue weighted by atomic mass is 32.1. The molecular weight excluding hydrogens is 893 g/mol. The lowest BCUT2D eigenvalue weighted by molar-refractivity contribution is 0.988. The van der Waals surface area contributed by atoms with E-state index in [4.69, 9.17) is 16.5 Å². The van der Waals surface area contributed by atoms with Crippen LogP contribution in [-0.4, -0.2) is 19.1 Å². The zero-order valence-electron chi connectivity index (χ0n) is 39.1. The Kier molecular flexibility index (Phi) is 9.01. The zero-order chi connectivity index (χ0) is 47.4. The topological polar surface area (TPSA) is 35.6 Å². The van der Waals surface area contributed by atoms with Gasteiger partial charge in [-0.3, -0.25) is 4.57 Å². The maximum atomic E-state index is 5.80. The van der Waals surface area contributed by atoms with Crippen molar-refractivity contribution in [3.63, 3.8) is 0 Å². The Bertz CT molecular complexity index is 4680. The van der Waals surface area contributed by atoms with Crippen LogP contribution in [-0.2, 0) is 6.42 Å². The predicted octanol–water partition coefficient (Wildman–Crippen LogP) is 18.0. The molecule has 0 fully saturated rings. The predicted molar refractivity (Wildman–Crippen MR) is 306 cm³/mol. The van der Waals surface area contributed by atoms with E-state index < -0.39 is 0 Å². The molecule has 0 bridgehead atoms. The molecule has 1 aliphatic carbocycles. The fourth-order valence-corrected chi connectivity index (χ4v) is 12.9. The quantitative estimate of drug-likeness (QED) is 0.165. The van der Waals surface area contributed by atoms with Gasteiger partial charge in [0.15, 0.2) is 0 Å². The number of rotatable bonds is 4. The SMILES string of the molecule is C=C1/C=C\C=C/Cc2c(n(-c3nc(-c4ccc5ccccc5c4)c4c5ccccc5c5ccccc5c4n3)c3ccccc23)-c2sc3ccc(-c4ccc5c6ccccc6n(-c6ccccc6)c5c4)cc3c21. The van der Waals surface area contributed by atoms with Crippen molar-refractivity contribution < 1.29 is 0 Å². The van der Waals surface area contributed by atoms with Crippen LogP contribution in [0.5, 0.6) is 0 Å². The monoisotopic (exact) mass is 934 g/mol. The molecular formula is C67H42N4S. The molecule has 1 aliphatic rings. The van der Waals surface area contributed by atoms with Crippen LogP contribution in [0.2, 0.25) is 0 Å². The summed E-state index contributed by atoms with van der Waals surface area (Å²) in [5.41, 5.74) is 14.2. The van der Waals surface area contributed by atoms with Crippen molar-refractivity contribution in [3.05, 3.63) is 248 Å². The van der Waals surface area contributed by atoms with Gasteiger partial charge in [0.05, 0.1) is 38.3 Å². The molecule has 0 saturated heterocycles. The molecule has 4 heterocycles. The summed E-state index contributed by atoms with van der Waals surface area (Å²) in [5.74, 6) is 0.636. The van der Waals surface area contributed by atoms with Gasteiger partial charge in [-0.1, -0.05) is 189 Å². The maximum absolute atomic E-state index is 5.80. The van der Waals surface area contributed by atoms with Crippen molar-refractivity contribution >= 4 is 103 Å². The van der Waals surface area contributed by atoms with Gasteiger partial charge in [0, 0.05) is 53.8 Å². The smallest absolute Gasteiger partial charge is 0.235 e. The van der Waals surface area contributed by atoms with E-state index in [0.717, 1.165) is 83.4 Å². The highest BCUT2D eigenvalue weighted by Crippen LogP contribution is 2.49. The molecule has 336 valence electrons. The summed E-state index contributed by atoms with van der Waals surface area (Å²) in [7, 11) is 0. The number of allylic oxidation sites excluding steroid dienone is 5. The summed E-state index contributed by atoms with van der Waals surface area (Å²) in [6.07, 6.45) is 9.46. The van der Waals surface area contributed by atoms with Crippen molar-refractivity contribution in [2.45, 2.75) is 6.42 Å². The van der Waals surface area contributed by atoms with Gasteiger partial charge < -0.3 is 4.57 Å². The Hall–Kier alpha value is -9.16. The summed E-state index contributed by atoms with van der Waals surface area (Å²) >= 11 is 1.83. The molecule has 15 rings (SSSR count). The Balaban J connectivity index is 1.01. The number of thiophene rings is 1. The molecule has 4 aromatic heterocycles. The van der Waals surface area contributed by atoms with Crippen LogP contribution >= 0.6 is 11.3 Å². The number of fused-ring (bicyclic) bond motifs is 17. The lowest BCUT2D eigenvalue weighted by Crippen LogP contribution is -2.06. The second-order valence-corrected chi connectivity index (χ2v) is 19.9. The van der Waals surface area contributed by atoms with Crippen LogP contribution in [0.1, 0.15) is 11.1 Å². The molecule has 72 heavy (non-hydrogen) atoms. The van der Waals surface area contributed by atoms with E-state index in [0.29, 0.717) is 5.95 Å². The van der Waals surface area contributed by atoms with Crippen LogP contribution < -0.4 is 0 Å². The van der Waals surface area contributed by atoms with Crippen LogP contribution in [0.3, 0.4) is 0 Å². The fraction of sp³-hybridized carbons (Fsp3) is 0.0149. The highest BCUT2D eigenvalue weighted by Gasteiger charge is 2.28. The normalized spacial score (nSPS) is 13.8. The van der Waals surface area contributed by atoms with E-state index in [1.807, 2.05) is 11.3 Å². The van der Waals surface area contributed by atoms with Crippen LogP contribution in [0.15, 0.2) is 237 Å². The molecule has 0 saturated carbocycles. The molecule has 0 N–H and O–H groups in total. The van der Waals surface area contributed by atoms with E-state index in [1.165, 1.54) is 64.4 Å². The average molecular weight is 935 g/mol. The molecule has 0 amide bonds. The number of hydrogen-bond acceptors (Lipinski definition) is 3. The summed E-state index contributed by atoms with van der Waals surface area (Å²) in [5, 5.41) is 12.8. The van der Waals surface area contributed by atoms with Gasteiger partial charge in [0.1, 0.15) is 0 Å². The van der Waals surface area contributed by atoms with E-state index in [1.54, 1.807) is 0 Å². The summed E-state index contributed by atoms with van der Waals surface area (Å²) in [6, 6.07) is 74.9. The molecule has 10 aromatic carbocycles. The minimum atomic E-state index is 0.636. The van der Waals surface area contributed by atoms with Crippen molar-refractivity contribution in [2.75, 3.05) is 0 Å². The molecule has 14 aromatic rings. The number of benzene rings is 10. The van der Waals surface area contributed by atoms with Crippen molar-refractivity contribution in [2.24, 2.45) is 0 Å². The first-order valence-corrected chi connectivity index (χ1v) is 25.4. The van der Waals surface area contributed by atoms with E-state index >= 15 is 0 Å². The largest absolute Gasteiger partial charge is 0.309 e. The highest BCUT2D eigenvalue weighted by molar-refractivity contribution is 7.22. The molecule has 0 atom stereocenters. The summed E-state index contributed by atoms with van der Waals surface area (Å²) in [6.45, 7) is 4.82. The second-order valence-electron chi connectivity index (χ2n) is 18.9. The van der Waals surface area contributed by atoms with E-state index in [9.17, 15) is 0 Å². The second kappa shape index (κ2) is 15.9. The molecule has 0 radical (unpaired) electrons. The first-order valence-electron chi connectivity index (χ1n) is 24.6. The van der Waals surface area contributed by atoms with Crippen molar-refractivity contribution in [3.8, 4) is 44.6 Å². The third-order valence-electron chi connectivity index (χ3n) is 14.9. The van der Waals surface area contributed by atoms with Gasteiger partial charge in [-0.05, 0) is 104 Å². The summed E-state index contributed by atoms with van der Waals surface area (Å²) < 4.78 is 5.95. The van der Waals surface area contributed by atoms with Gasteiger partial charge in [0.25, 0.3) is 0 Å². The fourth-order valence-electron chi connectivity index (χ4n) is 11.7. The molecule has 0 aliphatic heterocycles. The molecule has 5 heteroatoms. The van der Waals surface area contributed by atoms with Gasteiger partial charge in [-0.25, -0.2) is 9.97 Å². The zero-order valence-corrected chi connectivity index (χ0v) is 39.9. The molecule has 0 unspecified atom stereocenters. The number of nitrogens with zero attached hydrogens (tertiary/aromatic N) is 4. The number of para-hydroxylation sites is 3. The minimum absolute atomic E-state index is 0.636. The molecule has 4 nitrogen and oxygen atoms in total. The Morgan fingerprint density at radius 1 is 0.458 bits per heavy atom. The van der Waals surface area contributed by atoms with Gasteiger partial charge >= 0.3 is 0 Å². The first kappa shape index (κ1) is 40.7. The lowest BCUT2D eigenvalue weighted by Gasteiger charge is -2.18. The number of hydrogen-bond donors (Lipinski definition) is 0. The number of aromatic nitrogens is 4.